The quantitative estimate of drug-likeness (QED) is 0.823. The van der Waals surface area contributed by atoms with Gasteiger partial charge in [0.05, 0.1) is 6.10 Å². The molecule has 0 fully saturated rings. The van der Waals surface area contributed by atoms with Crippen LogP contribution in [-0.2, 0) is 0 Å². The van der Waals surface area contributed by atoms with Gasteiger partial charge in [0.25, 0.3) is 0 Å². The summed E-state index contributed by atoms with van der Waals surface area (Å²) in [6, 6.07) is 14.6. The molecule has 0 spiro atoms. The number of aliphatic hydroxyl groups excluding tert-OH is 1. The SMILES string of the molecule is CCCCN(c1ccccc1)c1ccc(F)cc1[C@H](C)O. The third-order valence-electron chi connectivity index (χ3n) is 3.53. The number of aliphatic hydroxyl groups is 1. The van der Waals surface area contributed by atoms with Gasteiger partial charge in [0.2, 0.25) is 0 Å². The molecule has 0 aliphatic heterocycles. The molecule has 0 heterocycles. The van der Waals surface area contributed by atoms with Crippen LogP contribution in [-0.4, -0.2) is 11.7 Å². The minimum absolute atomic E-state index is 0.321. The van der Waals surface area contributed by atoms with Gasteiger partial charge in [-0.25, -0.2) is 4.39 Å². The van der Waals surface area contributed by atoms with Gasteiger partial charge in [-0.2, -0.15) is 0 Å². The van der Waals surface area contributed by atoms with Gasteiger partial charge in [0, 0.05) is 23.5 Å². The summed E-state index contributed by atoms with van der Waals surface area (Å²) < 4.78 is 13.5. The van der Waals surface area contributed by atoms with Crippen molar-refractivity contribution in [3.63, 3.8) is 0 Å². The number of para-hydroxylation sites is 1. The summed E-state index contributed by atoms with van der Waals surface area (Å²) in [4.78, 5) is 2.14. The van der Waals surface area contributed by atoms with Gasteiger partial charge >= 0.3 is 0 Å². The summed E-state index contributed by atoms with van der Waals surface area (Å²) in [6.07, 6.45) is 1.41. The largest absolute Gasteiger partial charge is 0.389 e. The van der Waals surface area contributed by atoms with Crippen molar-refractivity contribution in [2.24, 2.45) is 0 Å². The van der Waals surface area contributed by atoms with Crippen LogP contribution in [0, 0.1) is 5.82 Å². The third-order valence-corrected chi connectivity index (χ3v) is 3.53. The first-order chi connectivity index (χ1) is 10.1. The summed E-state index contributed by atoms with van der Waals surface area (Å²) in [6.45, 7) is 4.65. The number of nitrogens with zero attached hydrogens (tertiary/aromatic N) is 1. The molecule has 21 heavy (non-hydrogen) atoms. The maximum Gasteiger partial charge on any atom is 0.123 e. The highest BCUT2D eigenvalue weighted by Crippen LogP contribution is 2.32. The van der Waals surface area contributed by atoms with Crippen LogP contribution in [0.25, 0.3) is 0 Å². The molecule has 3 heteroatoms. The zero-order chi connectivity index (χ0) is 15.2. The molecule has 2 nitrogen and oxygen atoms in total. The average Bonchev–Trinajstić information content (AvgIpc) is 2.49. The van der Waals surface area contributed by atoms with Gasteiger partial charge in [-0.05, 0) is 43.7 Å². The molecular formula is C18H22FNO. The lowest BCUT2D eigenvalue weighted by Gasteiger charge is -2.28. The van der Waals surface area contributed by atoms with E-state index in [1.54, 1.807) is 13.0 Å². The van der Waals surface area contributed by atoms with Gasteiger partial charge in [0.1, 0.15) is 5.82 Å². The Hall–Kier alpha value is -1.87. The van der Waals surface area contributed by atoms with E-state index in [1.807, 2.05) is 30.3 Å². The molecule has 2 aromatic rings. The van der Waals surface area contributed by atoms with E-state index in [-0.39, 0.29) is 5.82 Å². The van der Waals surface area contributed by atoms with Crippen LogP contribution in [0.1, 0.15) is 38.4 Å². The highest BCUT2D eigenvalue weighted by Gasteiger charge is 2.16. The predicted octanol–water partition coefficient (Wildman–Crippen LogP) is 4.82. The molecule has 1 atom stereocenters. The molecular weight excluding hydrogens is 265 g/mol. The molecule has 0 saturated carbocycles. The van der Waals surface area contributed by atoms with Crippen LogP contribution in [0.15, 0.2) is 48.5 Å². The van der Waals surface area contributed by atoms with E-state index in [1.165, 1.54) is 12.1 Å². The molecule has 2 rings (SSSR count). The number of benzene rings is 2. The van der Waals surface area contributed by atoms with Gasteiger partial charge in [0.15, 0.2) is 0 Å². The number of rotatable bonds is 6. The van der Waals surface area contributed by atoms with E-state index >= 15 is 0 Å². The van der Waals surface area contributed by atoms with Crippen molar-refractivity contribution in [2.75, 3.05) is 11.4 Å². The topological polar surface area (TPSA) is 23.5 Å². The molecule has 112 valence electrons. The first-order valence-electron chi connectivity index (χ1n) is 7.43. The van der Waals surface area contributed by atoms with Crippen molar-refractivity contribution in [2.45, 2.75) is 32.8 Å². The number of unbranched alkanes of at least 4 members (excludes halogenated alkanes) is 1. The number of hydrogen-bond acceptors (Lipinski definition) is 2. The van der Waals surface area contributed by atoms with Crippen molar-refractivity contribution < 1.29 is 9.50 Å². The summed E-state index contributed by atoms with van der Waals surface area (Å²) in [7, 11) is 0. The number of anilines is 2. The second-order valence-electron chi connectivity index (χ2n) is 5.22. The molecule has 0 aliphatic carbocycles. The lowest BCUT2D eigenvalue weighted by Crippen LogP contribution is -2.20. The lowest BCUT2D eigenvalue weighted by atomic mass is 10.1. The number of halogens is 1. The third kappa shape index (κ3) is 3.82. The lowest BCUT2D eigenvalue weighted by molar-refractivity contribution is 0.199. The molecule has 2 aromatic carbocycles. The first kappa shape index (κ1) is 15.5. The van der Waals surface area contributed by atoms with Crippen LogP contribution in [0.4, 0.5) is 15.8 Å². The standard InChI is InChI=1S/C18H22FNO/c1-3-4-12-20(16-8-6-5-7-9-16)18-11-10-15(19)13-17(18)14(2)21/h5-11,13-14,21H,3-4,12H2,1-2H3/t14-/m0/s1. The Labute approximate surface area is 125 Å². The second-order valence-corrected chi connectivity index (χ2v) is 5.22. The average molecular weight is 287 g/mol. The minimum atomic E-state index is -0.705. The Kier molecular flexibility index (Phi) is 5.34. The van der Waals surface area contributed by atoms with E-state index in [0.717, 1.165) is 30.8 Å². The molecule has 0 bridgehead atoms. The van der Waals surface area contributed by atoms with Crippen molar-refractivity contribution in [1.29, 1.82) is 0 Å². The Morgan fingerprint density at radius 1 is 1.14 bits per heavy atom. The summed E-state index contributed by atoms with van der Waals surface area (Å²) in [5.74, 6) is -0.321. The highest BCUT2D eigenvalue weighted by atomic mass is 19.1. The van der Waals surface area contributed by atoms with Gasteiger partial charge in [-0.3, -0.25) is 0 Å². The van der Waals surface area contributed by atoms with Crippen LogP contribution in [0.3, 0.4) is 0 Å². The van der Waals surface area contributed by atoms with Gasteiger partial charge in [-0.15, -0.1) is 0 Å². The van der Waals surface area contributed by atoms with Gasteiger partial charge in [-0.1, -0.05) is 31.5 Å². The predicted molar refractivity (Wildman–Crippen MR) is 85.4 cm³/mol. The van der Waals surface area contributed by atoms with Gasteiger partial charge < -0.3 is 10.0 Å². The van der Waals surface area contributed by atoms with E-state index in [0.29, 0.717) is 5.56 Å². The van der Waals surface area contributed by atoms with Crippen LogP contribution < -0.4 is 4.90 Å². The smallest absolute Gasteiger partial charge is 0.123 e. The van der Waals surface area contributed by atoms with Crippen molar-refractivity contribution in [3.8, 4) is 0 Å². The zero-order valence-corrected chi connectivity index (χ0v) is 12.6. The van der Waals surface area contributed by atoms with E-state index in [9.17, 15) is 9.50 Å². The highest BCUT2D eigenvalue weighted by molar-refractivity contribution is 5.66. The van der Waals surface area contributed by atoms with E-state index < -0.39 is 6.10 Å². The fraction of sp³-hybridized carbons (Fsp3) is 0.333. The summed E-state index contributed by atoms with van der Waals surface area (Å²) in [5.41, 5.74) is 2.54. The van der Waals surface area contributed by atoms with E-state index in [4.69, 9.17) is 0 Å². The van der Waals surface area contributed by atoms with Crippen LogP contribution >= 0.6 is 0 Å². The molecule has 0 saturated heterocycles. The normalized spacial score (nSPS) is 12.2. The Balaban J connectivity index is 2.46. The molecule has 1 N–H and O–H groups in total. The Morgan fingerprint density at radius 2 is 1.86 bits per heavy atom. The fourth-order valence-electron chi connectivity index (χ4n) is 2.42. The Morgan fingerprint density at radius 3 is 2.48 bits per heavy atom. The molecule has 0 radical (unpaired) electrons. The first-order valence-corrected chi connectivity index (χ1v) is 7.43. The molecule has 0 amide bonds. The van der Waals surface area contributed by atoms with Crippen LogP contribution in [0.5, 0.6) is 0 Å². The second kappa shape index (κ2) is 7.23. The molecule has 0 unspecified atom stereocenters. The van der Waals surface area contributed by atoms with Crippen molar-refractivity contribution >= 4 is 11.4 Å². The fourth-order valence-corrected chi connectivity index (χ4v) is 2.42. The van der Waals surface area contributed by atoms with E-state index in [2.05, 4.69) is 11.8 Å². The van der Waals surface area contributed by atoms with Crippen molar-refractivity contribution in [3.05, 3.63) is 59.9 Å². The van der Waals surface area contributed by atoms with Crippen molar-refractivity contribution in [1.82, 2.24) is 0 Å². The molecule has 0 aromatic heterocycles. The molecule has 0 aliphatic rings. The monoisotopic (exact) mass is 287 g/mol. The summed E-state index contributed by atoms with van der Waals surface area (Å²) in [5, 5.41) is 9.96. The zero-order valence-electron chi connectivity index (χ0n) is 12.6. The summed E-state index contributed by atoms with van der Waals surface area (Å²) >= 11 is 0. The number of hydrogen-bond donors (Lipinski definition) is 1. The Bertz CT molecular complexity index is 569. The minimum Gasteiger partial charge on any atom is -0.389 e. The maximum atomic E-state index is 13.5. The maximum absolute atomic E-state index is 13.5. The van der Waals surface area contributed by atoms with Crippen LogP contribution in [0.2, 0.25) is 0 Å².